The molecule has 15 heavy (non-hydrogen) atoms. The summed E-state index contributed by atoms with van der Waals surface area (Å²) in [4.78, 5) is 4.15. The summed E-state index contributed by atoms with van der Waals surface area (Å²) in [7, 11) is 0. The van der Waals surface area contributed by atoms with Crippen molar-refractivity contribution < 1.29 is 14.0 Å². The lowest BCUT2D eigenvalue weighted by Gasteiger charge is -1.91. The highest BCUT2D eigenvalue weighted by molar-refractivity contribution is 7.98. The number of nitrogens with zero attached hydrogens (tertiary/aromatic N) is 2. The van der Waals surface area contributed by atoms with Gasteiger partial charge in [0.1, 0.15) is 0 Å². The Morgan fingerprint density at radius 2 is 2.40 bits per heavy atom. The highest BCUT2D eigenvalue weighted by Gasteiger charge is 2.10. The maximum Gasteiger partial charge on any atom is 0.293 e. The smallest absolute Gasteiger partial charge is 0.293 e. The fourth-order valence-corrected chi connectivity index (χ4v) is 1.61. The number of hydrogen-bond acceptors (Lipinski definition) is 6. The monoisotopic (exact) mass is 226 g/mol. The van der Waals surface area contributed by atoms with Gasteiger partial charge in [-0.15, -0.1) is 0 Å². The number of aromatic nitrogens is 2. The molecule has 2 aromatic rings. The van der Waals surface area contributed by atoms with Gasteiger partial charge in [0.2, 0.25) is 0 Å². The van der Waals surface area contributed by atoms with Crippen molar-refractivity contribution in [3.05, 3.63) is 24.2 Å². The van der Waals surface area contributed by atoms with Crippen molar-refractivity contribution in [2.45, 2.75) is 5.75 Å². The number of aliphatic hydroxyl groups excluding tert-OH is 1. The van der Waals surface area contributed by atoms with Crippen LogP contribution in [-0.2, 0) is 5.75 Å². The normalized spacial score (nSPS) is 10.7. The second-order valence-electron chi connectivity index (χ2n) is 2.77. The molecular weight excluding hydrogens is 216 g/mol. The third kappa shape index (κ3) is 2.60. The van der Waals surface area contributed by atoms with Crippen molar-refractivity contribution in [2.24, 2.45) is 0 Å². The van der Waals surface area contributed by atoms with E-state index in [4.69, 9.17) is 14.0 Å². The molecule has 0 unspecified atom stereocenters. The van der Waals surface area contributed by atoms with E-state index in [-0.39, 0.29) is 6.61 Å². The first-order valence-electron chi connectivity index (χ1n) is 4.45. The zero-order chi connectivity index (χ0) is 10.5. The van der Waals surface area contributed by atoms with Crippen molar-refractivity contribution in [3.8, 4) is 11.7 Å². The molecule has 2 rings (SSSR count). The standard InChI is InChI=1S/C9H10N2O3S/c12-3-5-15-6-8-10-9(14-11-8)7-2-1-4-13-7/h1-2,4,12H,3,5-6H2. The van der Waals surface area contributed by atoms with E-state index < -0.39 is 0 Å². The SMILES string of the molecule is OCCSCc1noc(-c2ccco2)n1. The molecule has 0 amide bonds. The molecule has 2 aromatic heterocycles. The van der Waals surface area contributed by atoms with E-state index in [0.717, 1.165) is 0 Å². The first-order chi connectivity index (χ1) is 7.40. The lowest BCUT2D eigenvalue weighted by atomic mass is 10.4. The molecule has 0 radical (unpaired) electrons. The van der Waals surface area contributed by atoms with Gasteiger partial charge in [0.15, 0.2) is 11.6 Å². The van der Waals surface area contributed by atoms with Crippen molar-refractivity contribution in [1.82, 2.24) is 10.1 Å². The summed E-state index contributed by atoms with van der Waals surface area (Å²) < 4.78 is 10.1. The molecule has 0 atom stereocenters. The fraction of sp³-hybridized carbons (Fsp3) is 0.333. The lowest BCUT2D eigenvalue weighted by Crippen LogP contribution is -1.89. The van der Waals surface area contributed by atoms with Gasteiger partial charge in [-0.2, -0.15) is 16.7 Å². The largest absolute Gasteiger partial charge is 0.459 e. The van der Waals surface area contributed by atoms with E-state index >= 15 is 0 Å². The molecule has 80 valence electrons. The van der Waals surface area contributed by atoms with E-state index in [9.17, 15) is 0 Å². The van der Waals surface area contributed by atoms with Gasteiger partial charge in [-0.05, 0) is 12.1 Å². The maximum atomic E-state index is 8.60. The van der Waals surface area contributed by atoms with Gasteiger partial charge in [0, 0.05) is 5.75 Å². The van der Waals surface area contributed by atoms with Crippen LogP contribution in [-0.4, -0.2) is 27.6 Å². The molecule has 0 aliphatic heterocycles. The summed E-state index contributed by atoms with van der Waals surface area (Å²) in [6, 6.07) is 3.53. The van der Waals surface area contributed by atoms with Crippen LogP contribution in [0.1, 0.15) is 5.82 Å². The van der Waals surface area contributed by atoms with Gasteiger partial charge in [-0.25, -0.2) is 0 Å². The van der Waals surface area contributed by atoms with Crippen LogP contribution < -0.4 is 0 Å². The minimum absolute atomic E-state index is 0.160. The van der Waals surface area contributed by atoms with Crippen LogP contribution in [0.15, 0.2) is 27.3 Å². The van der Waals surface area contributed by atoms with Crippen molar-refractivity contribution in [2.75, 3.05) is 12.4 Å². The molecule has 0 spiro atoms. The molecule has 0 aliphatic rings. The van der Waals surface area contributed by atoms with Crippen molar-refractivity contribution in [1.29, 1.82) is 0 Å². The van der Waals surface area contributed by atoms with Crippen molar-refractivity contribution >= 4 is 11.8 Å². The van der Waals surface area contributed by atoms with Gasteiger partial charge in [0.25, 0.3) is 5.89 Å². The van der Waals surface area contributed by atoms with Gasteiger partial charge in [0.05, 0.1) is 18.6 Å². The molecule has 0 aromatic carbocycles. The summed E-state index contributed by atoms with van der Waals surface area (Å²) in [6.07, 6.45) is 1.56. The Hall–Kier alpha value is -1.27. The third-order valence-electron chi connectivity index (χ3n) is 1.67. The molecule has 0 bridgehead atoms. The number of thioether (sulfide) groups is 1. The second-order valence-corrected chi connectivity index (χ2v) is 3.87. The fourth-order valence-electron chi connectivity index (χ4n) is 1.04. The number of furan rings is 1. The second kappa shape index (κ2) is 4.99. The molecule has 6 heteroatoms. The van der Waals surface area contributed by atoms with Gasteiger partial charge in [-0.3, -0.25) is 0 Å². The van der Waals surface area contributed by atoms with E-state index in [1.54, 1.807) is 30.2 Å². The van der Waals surface area contributed by atoms with Crippen LogP contribution >= 0.6 is 11.8 Å². The Labute approximate surface area is 90.5 Å². The summed E-state index contributed by atoms with van der Waals surface area (Å²) in [6.45, 7) is 0.160. The Morgan fingerprint density at radius 1 is 1.47 bits per heavy atom. The highest BCUT2D eigenvalue weighted by Crippen LogP contribution is 2.18. The number of aliphatic hydroxyl groups is 1. The van der Waals surface area contributed by atoms with E-state index in [2.05, 4.69) is 10.1 Å². The molecule has 0 aliphatic carbocycles. The van der Waals surface area contributed by atoms with Gasteiger partial charge < -0.3 is 14.0 Å². The van der Waals surface area contributed by atoms with Crippen LogP contribution in [0.25, 0.3) is 11.7 Å². The highest BCUT2D eigenvalue weighted by atomic mass is 32.2. The molecule has 0 fully saturated rings. The van der Waals surface area contributed by atoms with E-state index in [1.807, 2.05) is 0 Å². The van der Waals surface area contributed by atoms with Crippen LogP contribution in [0.4, 0.5) is 0 Å². The Kier molecular flexibility index (Phi) is 3.41. The van der Waals surface area contributed by atoms with Crippen LogP contribution in [0, 0.1) is 0 Å². The molecular formula is C9H10N2O3S. The average molecular weight is 226 g/mol. The molecule has 1 N–H and O–H groups in total. The predicted octanol–water partition coefficient (Wildman–Crippen LogP) is 1.56. The summed E-state index contributed by atoms with van der Waals surface area (Å²) in [5.74, 6) is 2.87. The summed E-state index contributed by atoms with van der Waals surface area (Å²) in [5.41, 5.74) is 0. The average Bonchev–Trinajstić information content (AvgIpc) is 2.87. The predicted molar refractivity (Wildman–Crippen MR) is 55.2 cm³/mol. The van der Waals surface area contributed by atoms with Crippen LogP contribution in [0.2, 0.25) is 0 Å². The Balaban J connectivity index is 1.98. The Morgan fingerprint density at radius 3 is 3.13 bits per heavy atom. The zero-order valence-corrected chi connectivity index (χ0v) is 8.74. The Bertz CT molecular complexity index is 399. The minimum Gasteiger partial charge on any atom is -0.459 e. The lowest BCUT2D eigenvalue weighted by molar-refractivity contribution is 0.322. The van der Waals surface area contributed by atoms with Crippen LogP contribution in [0.3, 0.4) is 0 Å². The molecule has 0 saturated heterocycles. The topological polar surface area (TPSA) is 72.3 Å². The molecule has 2 heterocycles. The van der Waals surface area contributed by atoms with E-state index in [0.29, 0.717) is 29.0 Å². The molecule has 0 saturated carbocycles. The molecule has 5 nitrogen and oxygen atoms in total. The van der Waals surface area contributed by atoms with Crippen LogP contribution in [0.5, 0.6) is 0 Å². The zero-order valence-electron chi connectivity index (χ0n) is 7.92. The minimum atomic E-state index is 0.160. The first kappa shape index (κ1) is 10.3. The summed E-state index contributed by atoms with van der Waals surface area (Å²) in [5, 5.41) is 12.4. The van der Waals surface area contributed by atoms with Gasteiger partial charge in [-0.1, -0.05) is 5.16 Å². The van der Waals surface area contributed by atoms with E-state index in [1.165, 1.54) is 0 Å². The quantitative estimate of drug-likeness (QED) is 0.780. The summed E-state index contributed by atoms with van der Waals surface area (Å²) >= 11 is 1.55. The number of hydrogen-bond donors (Lipinski definition) is 1. The number of rotatable bonds is 5. The van der Waals surface area contributed by atoms with Gasteiger partial charge >= 0.3 is 0 Å². The third-order valence-corrected chi connectivity index (χ3v) is 2.60. The first-order valence-corrected chi connectivity index (χ1v) is 5.60. The maximum absolute atomic E-state index is 8.60. The van der Waals surface area contributed by atoms with Crippen molar-refractivity contribution in [3.63, 3.8) is 0 Å².